The fourth-order valence-corrected chi connectivity index (χ4v) is 2.67. The standard InChI is InChI=1S/C16H14FN3O/c17-11-6-7-12-13(9-11)20-16(19-12)21-14-5-1-3-10-4-2-8-18-15(10)14/h1,3,5-7,9,18H,2,4,8H2,(H,19,20). The summed E-state index contributed by atoms with van der Waals surface area (Å²) in [6.07, 6.45) is 2.17. The zero-order valence-corrected chi connectivity index (χ0v) is 11.3. The molecule has 2 aromatic carbocycles. The second-order valence-electron chi connectivity index (χ2n) is 5.13. The van der Waals surface area contributed by atoms with Crippen molar-refractivity contribution in [1.29, 1.82) is 0 Å². The molecule has 106 valence electrons. The third kappa shape index (κ3) is 2.20. The lowest BCUT2D eigenvalue weighted by atomic mass is 10.0. The Labute approximate surface area is 121 Å². The number of ether oxygens (including phenoxy) is 1. The molecule has 0 bridgehead atoms. The minimum Gasteiger partial charge on any atom is -0.423 e. The van der Waals surface area contributed by atoms with Crippen LogP contribution in [-0.2, 0) is 6.42 Å². The Balaban J connectivity index is 1.71. The number of aryl methyl sites for hydroxylation is 1. The Bertz CT molecular complexity index is 812. The molecular weight excluding hydrogens is 269 g/mol. The predicted molar refractivity (Wildman–Crippen MR) is 79.4 cm³/mol. The Morgan fingerprint density at radius 1 is 1.19 bits per heavy atom. The van der Waals surface area contributed by atoms with Crippen LogP contribution in [0.1, 0.15) is 12.0 Å². The molecule has 0 atom stereocenters. The van der Waals surface area contributed by atoms with Gasteiger partial charge in [0.2, 0.25) is 0 Å². The van der Waals surface area contributed by atoms with E-state index in [4.69, 9.17) is 4.74 Å². The lowest BCUT2D eigenvalue weighted by Gasteiger charge is -2.20. The van der Waals surface area contributed by atoms with Crippen LogP contribution in [0.3, 0.4) is 0 Å². The average molecular weight is 283 g/mol. The van der Waals surface area contributed by atoms with Crippen LogP contribution in [0.5, 0.6) is 11.8 Å². The Hall–Kier alpha value is -2.56. The molecule has 3 aromatic rings. The van der Waals surface area contributed by atoms with Crippen LogP contribution in [0.4, 0.5) is 10.1 Å². The number of hydrogen-bond acceptors (Lipinski definition) is 3. The van der Waals surface area contributed by atoms with Gasteiger partial charge in [0.05, 0.1) is 16.7 Å². The topological polar surface area (TPSA) is 49.9 Å². The molecule has 0 amide bonds. The number of aromatic nitrogens is 2. The summed E-state index contributed by atoms with van der Waals surface area (Å²) in [5, 5.41) is 3.37. The van der Waals surface area contributed by atoms with Gasteiger partial charge < -0.3 is 15.0 Å². The lowest BCUT2D eigenvalue weighted by Crippen LogP contribution is -2.12. The predicted octanol–water partition coefficient (Wildman–Crippen LogP) is 3.85. The van der Waals surface area contributed by atoms with Gasteiger partial charge in [0.15, 0.2) is 5.75 Å². The smallest absolute Gasteiger partial charge is 0.300 e. The SMILES string of the molecule is Fc1ccc2nc(Oc3cccc4c3NCCC4)[nH]c2c1. The number of aromatic amines is 1. The van der Waals surface area contributed by atoms with E-state index in [0.29, 0.717) is 17.0 Å². The number of rotatable bonds is 2. The van der Waals surface area contributed by atoms with Crippen molar-refractivity contribution < 1.29 is 9.13 Å². The summed E-state index contributed by atoms with van der Waals surface area (Å²) in [7, 11) is 0. The van der Waals surface area contributed by atoms with Gasteiger partial charge in [-0.05, 0) is 42.7 Å². The summed E-state index contributed by atoms with van der Waals surface area (Å²) in [6.45, 7) is 0.943. The molecular formula is C16H14FN3O. The summed E-state index contributed by atoms with van der Waals surface area (Å²) in [6, 6.07) is 10.8. The van der Waals surface area contributed by atoms with Gasteiger partial charge in [0, 0.05) is 6.54 Å². The highest BCUT2D eigenvalue weighted by Gasteiger charge is 2.15. The van der Waals surface area contributed by atoms with Crippen LogP contribution in [-0.4, -0.2) is 16.5 Å². The van der Waals surface area contributed by atoms with Gasteiger partial charge in [-0.3, -0.25) is 0 Å². The largest absolute Gasteiger partial charge is 0.423 e. The van der Waals surface area contributed by atoms with Gasteiger partial charge >= 0.3 is 0 Å². The quantitative estimate of drug-likeness (QED) is 0.751. The zero-order chi connectivity index (χ0) is 14.2. The molecule has 21 heavy (non-hydrogen) atoms. The van der Waals surface area contributed by atoms with Gasteiger partial charge in [-0.25, -0.2) is 4.39 Å². The number of fused-ring (bicyclic) bond motifs is 2. The normalized spacial score (nSPS) is 13.8. The zero-order valence-electron chi connectivity index (χ0n) is 11.3. The van der Waals surface area contributed by atoms with E-state index in [1.807, 2.05) is 12.1 Å². The number of imidazole rings is 1. The molecule has 1 aliphatic heterocycles. The summed E-state index contributed by atoms with van der Waals surface area (Å²) < 4.78 is 19.0. The molecule has 0 aliphatic carbocycles. The van der Waals surface area contributed by atoms with Crippen LogP contribution < -0.4 is 10.1 Å². The molecule has 0 fully saturated rings. The van der Waals surface area contributed by atoms with Crippen LogP contribution in [0, 0.1) is 5.82 Å². The summed E-state index contributed by atoms with van der Waals surface area (Å²) >= 11 is 0. The first-order chi connectivity index (χ1) is 10.3. The van der Waals surface area contributed by atoms with Gasteiger partial charge in [0.1, 0.15) is 5.82 Å². The Morgan fingerprint density at radius 3 is 3.10 bits per heavy atom. The fourth-order valence-electron chi connectivity index (χ4n) is 2.67. The van der Waals surface area contributed by atoms with Crippen molar-refractivity contribution >= 4 is 16.7 Å². The van der Waals surface area contributed by atoms with E-state index in [0.717, 1.165) is 30.8 Å². The Morgan fingerprint density at radius 2 is 2.14 bits per heavy atom. The van der Waals surface area contributed by atoms with E-state index < -0.39 is 0 Å². The molecule has 0 unspecified atom stereocenters. The van der Waals surface area contributed by atoms with Crippen LogP contribution >= 0.6 is 0 Å². The lowest BCUT2D eigenvalue weighted by molar-refractivity contribution is 0.449. The van der Waals surface area contributed by atoms with Crippen LogP contribution in [0.25, 0.3) is 11.0 Å². The van der Waals surface area contributed by atoms with Crippen molar-refractivity contribution in [3.8, 4) is 11.8 Å². The van der Waals surface area contributed by atoms with Crippen molar-refractivity contribution in [2.24, 2.45) is 0 Å². The third-order valence-corrected chi connectivity index (χ3v) is 3.67. The van der Waals surface area contributed by atoms with E-state index in [-0.39, 0.29) is 5.82 Å². The average Bonchev–Trinajstić information content (AvgIpc) is 2.89. The second kappa shape index (κ2) is 4.77. The van der Waals surface area contributed by atoms with Crippen molar-refractivity contribution in [1.82, 2.24) is 9.97 Å². The number of anilines is 1. The summed E-state index contributed by atoms with van der Waals surface area (Å²) in [5.74, 6) is 0.447. The van der Waals surface area contributed by atoms with Crippen molar-refractivity contribution in [2.45, 2.75) is 12.8 Å². The maximum atomic E-state index is 13.2. The van der Waals surface area contributed by atoms with E-state index in [1.165, 1.54) is 17.7 Å². The van der Waals surface area contributed by atoms with Crippen molar-refractivity contribution in [3.63, 3.8) is 0 Å². The highest BCUT2D eigenvalue weighted by atomic mass is 19.1. The maximum absolute atomic E-state index is 13.2. The number of para-hydroxylation sites is 1. The van der Waals surface area contributed by atoms with Gasteiger partial charge in [-0.15, -0.1) is 0 Å². The number of H-pyrrole nitrogens is 1. The van der Waals surface area contributed by atoms with E-state index in [2.05, 4.69) is 21.4 Å². The molecule has 2 heterocycles. The molecule has 1 aliphatic rings. The fraction of sp³-hybridized carbons (Fsp3) is 0.188. The minimum atomic E-state index is -0.295. The molecule has 4 nitrogen and oxygen atoms in total. The second-order valence-corrected chi connectivity index (χ2v) is 5.13. The Kier molecular flexibility index (Phi) is 2.77. The first kappa shape index (κ1) is 12.2. The van der Waals surface area contributed by atoms with Gasteiger partial charge in [0.25, 0.3) is 6.01 Å². The molecule has 0 saturated carbocycles. The van der Waals surface area contributed by atoms with Crippen LogP contribution in [0.15, 0.2) is 36.4 Å². The highest BCUT2D eigenvalue weighted by Crippen LogP contribution is 2.34. The van der Waals surface area contributed by atoms with Gasteiger partial charge in [-0.1, -0.05) is 12.1 Å². The van der Waals surface area contributed by atoms with Crippen molar-refractivity contribution in [2.75, 3.05) is 11.9 Å². The van der Waals surface area contributed by atoms with Gasteiger partial charge in [-0.2, -0.15) is 4.98 Å². The molecule has 1 aromatic heterocycles. The molecule has 2 N–H and O–H groups in total. The number of nitrogens with zero attached hydrogens (tertiary/aromatic N) is 1. The number of nitrogens with one attached hydrogen (secondary N) is 2. The first-order valence-corrected chi connectivity index (χ1v) is 6.98. The molecule has 0 spiro atoms. The number of hydrogen-bond donors (Lipinski definition) is 2. The monoisotopic (exact) mass is 283 g/mol. The number of benzene rings is 2. The molecule has 0 radical (unpaired) electrons. The molecule has 0 saturated heterocycles. The minimum absolute atomic E-state index is 0.295. The maximum Gasteiger partial charge on any atom is 0.300 e. The molecule has 5 heteroatoms. The third-order valence-electron chi connectivity index (χ3n) is 3.67. The first-order valence-electron chi connectivity index (χ1n) is 6.98. The number of halogens is 1. The van der Waals surface area contributed by atoms with Crippen LogP contribution in [0.2, 0.25) is 0 Å². The summed E-state index contributed by atoms with van der Waals surface area (Å²) in [5.41, 5.74) is 3.59. The van der Waals surface area contributed by atoms with Crippen molar-refractivity contribution in [3.05, 3.63) is 47.8 Å². The van der Waals surface area contributed by atoms with E-state index in [1.54, 1.807) is 6.07 Å². The van der Waals surface area contributed by atoms with E-state index in [9.17, 15) is 4.39 Å². The van der Waals surface area contributed by atoms with E-state index >= 15 is 0 Å². The summed E-state index contributed by atoms with van der Waals surface area (Å²) in [4.78, 5) is 7.32. The highest BCUT2D eigenvalue weighted by molar-refractivity contribution is 5.76. The molecule has 4 rings (SSSR count).